The molecule has 142 valence electrons. The van der Waals surface area contributed by atoms with Crippen molar-refractivity contribution in [2.24, 2.45) is 16.5 Å². The second kappa shape index (κ2) is 8.71. The molecule has 0 fully saturated rings. The van der Waals surface area contributed by atoms with Crippen LogP contribution in [0.3, 0.4) is 0 Å². The third-order valence-corrected chi connectivity index (χ3v) is 3.94. The van der Waals surface area contributed by atoms with Gasteiger partial charge in [-0.3, -0.25) is 19.4 Å². The minimum atomic E-state index is -1.03. The van der Waals surface area contributed by atoms with Crippen LogP contribution in [0.15, 0.2) is 23.2 Å². The molecule has 5 N–H and O–H groups in total. The van der Waals surface area contributed by atoms with Crippen molar-refractivity contribution in [3.63, 3.8) is 0 Å². The van der Waals surface area contributed by atoms with E-state index < -0.39 is 11.9 Å². The van der Waals surface area contributed by atoms with Crippen molar-refractivity contribution in [2.45, 2.75) is 12.8 Å². The Morgan fingerprint density at radius 2 is 2.07 bits per heavy atom. The SMILES string of the molecule is CN1C(=O)CN(CCC(=O)O)C(=O)c2cc(C#CCCN=C(N)N)ccc21. The van der Waals surface area contributed by atoms with Crippen LogP contribution >= 0.6 is 0 Å². The Morgan fingerprint density at radius 3 is 2.74 bits per heavy atom. The Morgan fingerprint density at radius 1 is 1.33 bits per heavy atom. The van der Waals surface area contributed by atoms with Gasteiger partial charge in [0.15, 0.2) is 5.96 Å². The van der Waals surface area contributed by atoms with Gasteiger partial charge in [0.2, 0.25) is 5.91 Å². The van der Waals surface area contributed by atoms with Gasteiger partial charge >= 0.3 is 5.97 Å². The van der Waals surface area contributed by atoms with Gasteiger partial charge in [0.25, 0.3) is 5.91 Å². The highest BCUT2D eigenvalue weighted by Gasteiger charge is 2.29. The number of anilines is 1. The molecule has 0 saturated carbocycles. The molecule has 1 aromatic rings. The highest BCUT2D eigenvalue weighted by molar-refractivity contribution is 6.09. The molecule has 0 bridgehead atoms. The van der Waals surface area contributed by atoms with Crippen LogP contribution in [0.1, 0.15) is 28.8 Å². The lowest BCUT2D eigenvalue weighted by atomic mass is 10.1. The first-order valence-corrected chi connectivity index (χ1v) is 8.25. The maximum atomic E-state index is 12.8. The van der Waals surface area contributed by atoms with Crippen molar-refractivity contribution in [3.8, 4) is 11.8 Å². The summed E-state index contributed by atoms with van der Waals surface area (Å²) < 4.78 is 0. The quantitative estimate of drug-likeness (QED) is 0.278. The molecule has 27 heavy (non-hydrogen) atoms. The first kappa shape index (κ1) is 19.8. The van der Waals surface area contributed by atoms with Crippen LogP contribution in [0.5, 0.6) is 0 Å². The first-order chi connectivity index (χ1) is 12.8. The van der Waals surface area contributed by atoms with Gasteiger partial charge < -0.3 is 26.4 Å². The fourth-order valence-electron chi connectivity index (χ4n) is 2.54. The standard InChI is InChI=1S/C18H21N5O4/c1-22-14-6-5-12(4-2-3-8-21-18(19)20)10-13(14)17(27)23(11-15(22)24)9-7-16(25)26/h5-6,10H,3,7-9,11H2,1H3,(H,25,26)(H4,19,20,21). The number of likely N-dealkylation sites (N-methyl/N-ethyl adjacent to an activating group) is 1. The molecule has 2 amide bonds. The average Bonchev–Trinajstić information content (AvgIpc) is 2.70. The zero-order chi connectivity index (χ0) is 20.0. The molecule has 0 unspecified atom stereocenters. The normalized spacial score (nSPS) is 13.4. The van der Waals surface area contributed by atoms with E-state index in [9.17, 15) is 14.4 Å². The van der Waals surface area contributed by atoms with Crippen molar-refractivity contribution >= 4 is 29.4 Å². The number of nitrogens with zero attached hydrogens (tertiary/aromatic N) is 3. The molecule has 1 aromatic carbocycles. The summed E-state index contributed by atoms with van der Waals surface area (Å²) in [6, 6.07) is 4.98. The minimum absolute atomic E-state index is 0.00147. The number of carboxylic acids is 1. The number of aliphatic imine (C=N–C) groups is 1. The van der Waals surface area contributed by atoms with Gasteiger partial charge in [-0.25, -0.2) is 0 Å². The molecule has 0 radical (unpaired) electrons. The summed E-state index contributed by atoms with van der Waals surface area (Å²) in [6.45, 7) is 0.165. The zero-order valence-corrected chi connectivity index (χ0v) is 14.9. The van der Waals surface area contributed by atoms with Crippen molar-refractivity contribution in [1.29, 1.82) is 0 Å². The van der Waals surface area contributed by atoms with E-state index >= 15 is 0 Å². The summed E-state index contributed by atoms with van der Waals surface area (Å²) in [5.41, 5.74) is 11.9. The fourth-order valence-corrected chi connectivity index (χ4v) is 2.54. The Bertz CT molecular complexity index is 849. The van der Waals surface area contributed by atoms with E-state index in [-0.39, 0.29) is 31.4 Å². The maximum Gasteiger partial charge on any atom is 0.305 e. The number of benzene rings is 1. The van der Waals surface area contributed by atoms with E-state index in [1.807, 2.05) is 0 Å². The van der Waals surface area contributed by atoms with Crippen molar-refractivity contribution < 1.29 is 19.5 Å². The lowest BCUT2D eigenvalue weighted by Crippen LogP contribution is -2.38. The second-order valence-electron chi connectivity index (χ2n) is 5.91. The third-order valence-electron chi connectivity index (χ3n) is 3.94. The molecule has 0 aromatic heterocycles. The van der Waals surface area contributed by atoms with Crippen molar-refractivity contribution in [1.82, 2.24) is 4.90 Å². The fraction of sp³-hybridized carbons (Fsp3) is 0.333. The molecule has 0 saturated heterocycles. The van der Waals surface area contributed by atoms with Gasteiger partial charge in [-0.15, -0.1) is 0 Å². The predicted molar refractivity (Wildman–Crippen MR) is 100 cm³/mol. The number of fused-ring (bicyclic) bond motifs is 1. The number of amides is 2. The lowest BCUT2D eigenvalue weighted by Gasteiger charge is -2.18. The third kappa shape index (κ3) is 5.22. The highest BCUT2D eigenvalue weighted by atomic mass is 16.4. The molecule has 1 aliphatic heterocycles. The number of hydrogen-bond donors (Lipinski definition) is 3. The molecule has 9 heteroatoms. The molecular weight excluding hydrogens is 350 g/mol. The smallest absolute Gasteiger partial charge is 0.305 e. The minimum Gasteiger partial charge on any atom is -0.481 e. The van der Waals surface area contributed by atoms with E-state index in [2.05, 4.69) is 16.8 Å². The van der Waals surface area contributed by atoms with Crippen LogP contribution < -0.4 is 16.4 Å². The second-order valence-corrected chi connectivity index (χ2v) is 5.91. The van der Waals surface area contributed by atoms with Crippen LogP contribution in [-0.2, 0) is 9.59 Å². The summed E-state index contributed by atoms with van der Waals surface area (Å²) in [4.78, 5) is 42.4. The Kier molecular flexibility index (Phi) is 6.38. The van der Waals surface area contributed by atoms with Gasteiger partial charge in [0.1, 0.15) is 6.54 Å². The van der Waals surface area contributed by atoms with E-state index in [4.69, 9.17) is 16.6 Å². The van der Waals surface area contributed by atoms with Gasteiger partial charge in [0.05, 0.1) is 24.2 Å². The largest absolute Gasteiger partial charge is 0.481 e. The summed E-state index contributed by atoms with van der Waals surface area (Å²) >= 11 is 0. The zero-order valence-electron chi connectivity index (χ0n) is 14.9. The number of carbonyl (C=O) groups excluding carboxylic acids is 2. The summed E-state index contributed by atoms with van der Waals surface area (Å²) in [5.74, 6) is 4.13. The maximum absolute atomic E-state index is 12.8. The monoisotopic (exact) mass is 371 g/mol. The number of guanidine groups is 1. The first-order valence-electron chi connectivity index (χ1n) is 8.25. The molecule has 1 aliphatic rings. The highest BCUT2D eigenvalue weighted by Crippen LogP contribution is 2.26. The molecule has 0 spiro atoms. The number of carbonyl (C=O) groups is 3. The van der Waals surface area contributed by atoms with Gasteiger partial charge in [-0.2, -0.15) is 0 Å². The molecule has 1 heterocycles. The number of nitrogens with two attached hydrogens (primary N) is 2. The number of rotatable bonds is 5. The molecular formula is C18H21N5O4. The molecule has 9 nitrogen and oxygen atoms in total. The topological polar surface area (TPSA) is 142 Å². The van der Waals surface area contributed by atoms with E-state index in [1.165, 1.54) is 9.80 Å². The van der Waals surface area contributed by atoms with Crippen molar-refractivity contribution in [2.75, 3.05) is 31.6 Å². The number of hydrogen-bond acceptors (Lipinski definition) is 4. The van der Waals surface area contributed by atoms with Crippen LogP contribution in [0, 0.1) is 11.8 Å². The molecule has 0 aliphatic carbocycles. The van der Waals surface area contributed by atoms with Crippen LogP contribution in [0.2, 0.25) is 0 Å². The Hall–Kier alpha value is -3.54. The lowest BCUT2D eigenvalue weighted by molar-refractivity contribution is -0.137. The molecule has 0 atom stereocenters. The Labute approximate surface area is 156 Å². The van der Waals surface area contributed by atoms with E-state index in [0.29, 0.717) is 29.8 Å². The van der Waals surface area contributed by atoms with Gasteiger partial charge in [-0.1, -0.05) is 11.8 Å². The predicted octanol–water partition coefficient (Wildman–Crippen LogP) is -0.405. The summed E-state index contributed by atoms with van der Waals surface area (Å²) in [5, 5.41) is 8.86. The summed E-state index contributed by atoms with van der Waals surface area (Å²) in [6.07, 6.45) is 0.217. The summed E-state index contributed by atoms with van der Waals surface area (Å²) in [7, 11) is 1.58. The Balaban J connectivity index is 2.27. The number of aliphatic carboxylic acids is 1. The number of carboxylic acid groups (broad SMARTS) is 1. The van der Waals surface area contributed by atoms with Crippen LogP contribution in [0.4, 0.5) is 5.69 Å². The molecule has 2 rings (SSSR count). The van der Waals surface area contributed by atoms with Gasteiger partial charge in [0, 0.05) is 25.6 Å². The average molecular weight is 371 g/mol. The van der Waals surface area contributed by atoms with E-state index in [1.54, 1.807) is 25.2 Å². The van der Waals surface area contributed by atoms with Crippen LogP contribution in [0.25, 0.3) is 0 Å². The van der Waals surface area contributed by atoms with Crippen LogP contribution in [-0.4, -0.2) is 60.4 Å². The van der Waals surface area contributed by atoms with Crippen molar-refractivity contribution in [3.05, 3.63) is 29.3 Å². The van der Waals surface area contributed by atoms with Gasteiger partial charge in [-0.05, 0) is 18.2 Å². The van der Waals surface area contributed by atoms with E-state index in [0.717, 1.165) is 0 Å².